The van der Waals surface area contributed by atoms with Crippen LogP contribution >= 0.6 is 11.8 Å². The van der Waals surface area contributed by atoms with Gasteiger partial charge in [-0.25, -0.2) is 14.9 Å². The van der Waals surface area contributed by atoms with E-state index in [1.807, 2.05) is 72.8 Å². The molecule has 0 saturated carbocycles. The minimum Gasteiger partial charge on any atom is -0.493 e. The fourth-order valence-corrected chi connectivity index (χ4v) is 5.09. The van der Waals surface area contributed by atoms with Crippen molar-refractivity contribution in [2.24, 2.45) is 9.98 Å². The van der Waals surface area contributed by atoms with Crippen LogP contribution in [-0.4, -0.2) is 54.2 Å². The Labute approximate surface area is 219 Å². The second kappa shape index (κ2) is 10.9. The second-order valence-corrected chi connectivity index (χ2v) is 9.37. The van der Waals surface area contributed by atoms with Crippen LogP contribution in [0.4, 0.5) is 5.69 Å². The highest BCUT2D eigenvalue weighted by molar-refractivity contribution is 8.14. The van der Waals surface area contributed by atoms with Crippen molar-refractivity contribution < 1.29 is 19.1 Å². The van der Waals surface area contributed by atoms with Gasteiger partial charge in [0.05, 0.1) is 25.7 Å². The number of amides is 2. The first-order valence-corrected chi connectivity index (χ1v) is 12.8. The van der Waals surface area contributed by atoms with E-state index >= 15 is 0 Å². The third kappa shape index (κ3) is 5.08. The first kappa shape index (κ1) is 24.6. The van der Waals surface area contributed by atoms with Gasteiger partial charge < -0.3 is 14.8 Å². The molecule has 1 N–H and O–H groups in total. The lowest BCUT2D eigenvalue weighted by molar-refractivity contribution is -0.124. The highest BCUT2D eigenvalue weighted by Crippen LogP contribution is 2.37. The van der Waals surface area contributed by atoms with Crippen LogP contribution in [0.2, 0.25) is 0 Å². The SMILES string of the molecule is COc1ccc(CCNC(=O)CSC2=Nc3ccccc3C3=N[C@@H](c4ccccc4)C(=O)N23)cc1OC. The molecule has 37 heavy (non-hydrogen) atoms. The van der Waals surface area contributed by atoms with Gasteiger partial charge in [-0.3, -0.25) is 9.59 Å². The van der Waals surface area contributed by atoms with Crippen molar-refractivity contribution in [3.8, 4) is 11.5 Å². The monoisotopic (exact) mass is 514 g/mol. The van der Waals surface area contributed by atoms with Crippen molar-refractivity contribution in [2.45, 2.75) is 12.5 Å². The van der Waals surface area contributed by atoms with Crippen LogP contribution in [0, 0.1) is 0 Å². The van der Waals surface area contributed by atoms with Gasteiger partial charge in [-0.1, -0.05) is 60.3 Å². The number of methoxy groups -OCH3 is 2. The molecule has 0 fully saturated rings. The topological polar surface area (TPSA) is 92.6 Å². The Morgan fingerprint density at radius 1 is 1.00 bits per heavy atom. The van der Waals surface area contributed by atoms with Gasteiger partial charge in [0, 0.05) is 12.1 Å². The van der Waals surface area contributed by atoms with E-state index in [9.17, 15) is 9.59 Å². The molecule has 5 rings (SSSR count). The van der Waals surface area contributed by atoms with E-state index in [-0.39, 0.29) is 17.6 Å². The fourth-order valence-electron chi connectivity index (χ4n) is 4.26. The Hall–Kier alpha value is -4.11. The summed E-state index contributed by atoms with van der Waals surface area (Å²) >= 11 is 1.23. The van der Waals surface area contributed by atoms with Crippen LogP contribution in [0.25, 0.3) is 0 Å². The number of aliphatic imine (C=N–C) groups is 2. The Morgan fingerprint density at radius 3 is 2.54 bits per heavy atom. The smallest absolute Gasteiger partial charge is 0.263 e. The maximum absolute atomic E-state index is 13.4. The molecule has 2 heterocycles. The molecule has 0 bridgehead atoms. The number of amidine groups is 2. The van der Waals surface area contributed by atoms with Gasteiger partial charge >= 0.3 is 0 Å². The number of nitrogens with zero attached hydrogens (tertiary/aromatic N) is 3. The van der Waals surface area contributed by atoms with Gasteiger partial charge in [-0.05, 0) is 41.8 Å². The van der Waals surface area contributed by atoms with E-state index in [0.717, 1.165) is 22.4 Å². The van der Waals surface area contributed by atoms with Gasteiger partial charge in [-0.15, -0.1) is 0 Å². The molecule has 0 radical (unpaired) electrons. The van der Waals surface area contributed by atoms with E-state index in [2.05, 4.69) is 5.32 Å². The molecule has 8 nitrogen and oxygen atoms in total. The van der Waals surface area contributed by atoms with E-state index in [1.165, 1.54) is 11.8 Å². The van der Waals surface area contributed by atoms with Crippen molar-refractivity contribution in [1.29, 1.82) is 0 Å². The minimum atomic E-state index is -0.636. The Kier molecular flexibility index (Phi) is 7.23. The van der Waals surface area contributed by atoms with Crippen molar-refractivity contribution in [2.75, 3.05) is 26.5 Å². The van der Waals surface area contributed by atoms with Crippen molar-refractivity contribution >= 4 is 40.3 Å². The van der Waals surface area contributed by atoms with E-state index in [1.54, 1.807) is 19.1 Å². The number of thioether (sulfide) groups is 1. The Bertz CT molecular complexity index is 1390. The van der Waals surface area contributed by atoms with Crippen molar-refractivity contribution in [1.82, 2.24) is 10.2 Å². The van der Waals surface area contributed by atoms with Crippen molar-refractivity contribution in [3.05, 3.63) is 89.5 Å². The molecule has 0 saturated heterocycles. The summed E-state index contributed by atoms with van der Waals surface area (Å²) in [6.07, 6.45) is 0.644. The summed E-state index contributed by atoms with van der Waals surface area (Å²) in [5.74, 6) is 1.70. The largest absolute Gasteiger partial charge is 0.493 e. The summed E-state index contributed by atoms with van der Waals surface area (Å²) in [5, 5.41) is 3.40. The average Bonchev–Trinajstić information content (AvgIpc) is 3.29. The number of hydrogen-bond donors (Lipinski definition) is 1. The molecule has 2 aliphatic rings. The zero-order valence-corrected chi connectivity index (χ0v) is 21.3. The molecule has 0 aliphatic carbocycles. The van der Waals surface area contributed by atoms with Crippen LogP contribution < -0.4 is 14.8 Å². The number of nitrogens with one attached hydrogen (secondary N) is 1. The highest BCUT2D eigenvalue weighted by atomic mass is 32.2. The second-order valence-electron chi connectivity index (χ2n) is 8.43. The summed E-state index contributed by atoms with van der Waals surface area (Å²) in [6, 6.07) is 22.1. The lowest BCUT2D eigenvalue weighted by Gasteiger charge is -2.25. The van der Waals surface area contributed by atoms with E-state index < -0.39 is 6.04 Å². The maximum Gasteiger partial charge on any atom is 0.263 e. The molecule has 0 aromatic heterocycles. The number of para-hydroxylation sites is 1. The van der Waals surface area contributed by atoms with Gasteiger partial charge in [0.15, 0.2) is 22.7 Å². The average molecular weight is 515 g/mol. The molecule has 0 unspecified atom stereocenters. The summed E-state index contributed by atoms with van der Waals surface area (Å²) < 4.78 is 10.6. The van der Waals surface area contributed by atoms with Crippen LogP contribution in [-0.2, 0) is 16.0 Å². The third-order valence-corrected chi connectivity index (χ3v) is 7.04. The number of hydrogen-bond acceptors (Lipinski definition) is 7. The number of carbonyl (C=O) groups is 2. The van der Waals surface area contributed by atoms with Gasteiger partial charge in [0.2, 0.25) is 5.91 Å². The highest BCUT2D eigenvalue weighted by Gasteiger charge is 2.42. The van der Waals surface area contributed by atoms with Gasteiger partial charge in [0.25, 0.3) is 5.91 Å². The number of fused-ring (bicyclic) bond motifs is 3. The molecule has 3 aromatic carbocycles. The summed E-state index contributed by atoms with van der Waals surface area (Å²) in [7, 11) is 3.19. The van der Waals surface area contributed by atoms with E-state index in [0.29, 0.717) is 35.5 Å². The molecule has 2 amide bonds. The number of carbonyl (C=O) groups excluding carboxylic acids is 2. The standard InChI is InChI=1S/C28H26N4O4S/c1-35-22-13-12-18(16-23(22)36-2)14-15-29-24(33)17-37-28-30-21-11-7-6-10-20(21)26-31-25(27(34)32(26)28)19-8-4-3-5-9-19/h3-13,16,25H,14-15,17H2,1-2H3,(H,29,33)/t25-/m0/s1. The molecule has 2 aliphatic heterocycles. The molecule has 9 heteroatoms. The van der Waals surface area contributed by atoms with Crippen LogP contribution in [0.1, 0.15) is 22.7 Å². The van der Waals surface area contributed by atoms with E-state index in [4.69, 9.17) is 19.5 Å². The molecule has 188 valence electrons. The van der Waals surface area contributed by atoms with Gasteiger partial charge in [0.1, 0.15) is 5.84 Å². The molecule has 3 aromatic rings. The Balaban J connectivity index is 1.25. The lowest BCUT2D eigenvalue weighted by atomic mass is 10.1. The van der Waals surface area contributed by atoms with Gasteiger partial charge in [-0.2, -0.15) is 0 Å². The number of rotatable bonds is 8. The maximum atomic E-state index is 13.4. The molecule has 1 atom stereocenters. The van der Waals surface area contributed by atoms with Crippen molar-refractivity contribution in [3.63, 3.8) is 0 Å². The fraction of sp³-hybridized carbons (Fsp3) is 0.214. The third-order valence-electron chi connectivity index (χ3n) is 6.10. The quantitative estimate of drug-likeness (QED) is 0.488. The normalized spacial score (nSPS) is 15.9. The van der Waals surface area contributed by atoms with Crippen LogP contribution in [0.5, 0.6) is 11.5 Å². The summed E-state index contributed by atoms with van der Waals surface area (Å²) in [4.78, 5) is 37.1. The lowest BCUT2D eigenvalue weighted by Crippen LogP contribution is -2.40. The first-order chi connectivity index (χ1) is 18.1. The molecular formula is C28H26N4O4S. The predicted molar refractivity (Wildman–Crippen MR) is 145 cm³/mol. The number of ether oxygens (including phenoxy) is 2. The minimum absolute atomic E-state index is 0.125. The predicted octanol–water partition coefficient (Wildman–Crippen LogP) is 4.13. The summed E-state index contributed by atoms with van der Waals surface area (Å²) in [5.41, 5.74) is 3.38. The zero-order chi connectivity index (χ0) is 25.8. The first-order valence-electron chi connectivity index (χ1n) is 11.8. The van der Waals surface area contributed by atoms with Crippen LogP contribution in [0.15, 0.2) is 82.8 Å². The Morgan fingerprint density at radius 2 is 1.76 bits per heavy atom. The molecular weight excluding hydrogens is 488 g/mol. The summed E-state index contributed by atoms with van der Waals surface area (Å²) in [6.45, 7) is 0.468. The molecule has 0 spiro atoms. The zero-order valence-electron chi connectivity index (χ0n) is 20.5. The van der Waals surface area contributed by atoms with Crippen LogP contribution in [0.3, 0.4) is 0 Å². The number of benzene rings is 3.